The molecule has 0 aromatic rings. The van der Waals surface area contributed by atoms with E-state index in [0.29, 0.717) is 18.9 Å². The van der Waals surface area contributed by atoms with Gasteiger partial charge in [0.2, 0.25) is 0 Å². The van der Waals surface area contributed by atoms with Crippen LogP contribution < -0.4 is 10.6 Å². The van der Waals surface area contributed by atoms with Crippen LogP contribution in [-0.4, -0.2) is 30.8 Å². The Morgan fingerprint density at radius 1 is 1.39 bits per heavy atom. The molecule has 0 bridgehead atoms. The number of carbonyl (C=O) groups excluding carboxylic acids is 1. The third-order valence-electron chi connectivity index (χ3n) is 2.03. The minimum Gasteiger partial charge on any atom is -0.444 e. The third kappa shape index (κ3) is 9.91. The van der Waals surface area contributed by atoms with E-state index in [1.54, 1.807) is 0 Å². The number of nitrogens with zero attached hydrogens (tertiary/aromatic N) is 1. The van der Waals surface area contributed by atoms with Crippen molar-refractivity contribution in [2.24, 2.45) is 5.92 Å². The lowest BCUT2D eigenvalue weighted by molar-refractivity contribution is 0.0526. The molecule has 0 fully saturated rings. The molecular weight excluding hydrogens is 230 g/mol. The predicted molar refractivity (Wildman–Crippen MR) is 71.1 cm³/mol. The fourth-order valence-corrected chi connectivity index (χ4v) is 1.22. The molecule has 0 heterocycles. The molecule has 0 aromatic carbocycles. The van der Waals surface area contributed by atoms with E-state index in [1.807, 2.05) is 20.8 Å². The average Bonchev–Trinajstić information content (AvgIpc) is 2.20. The molecule has 0 spiro atoms. The molecule has 104 valence electrons. The highest BCUT2D eigenvalue weighted by Gasteiger charge is 2.16. The fraction of sp³-hybridized carbons (Fsp3) is 0.846. The van der Waals surface area contributed by atoms with Gasteiger partial charge in [-0.2, -0.15) is 5.26 Å². The zero-order chi connectivity index (χ0) is 14.2. The largest absolute Gasteiger partial charge is 0.444 e. The molecule has 0 aliphatic carbocycles. The highest BCUT2D eigenvalue weighted by atomic mass is 16.6. The van der Waals surface area contributed by atoms with Gasteiger partial charge in [-0.25, -0.2) is 4.79 Å². The first-order chi connectivity index (χ1) is 8.24. The summed E-state index contributed by atoms with van der Waals surface area (Å²) in [5.41, 5.74) is -0.491. The number of hydrogen-bond donors (Lipinski definition) is 2. The molecule has 1 amide bonds. The molecule has 0 saturated heterocycles. The van der Waals surface area contributed by atoms with Gasteiger partial charge in [0.05, 0.1) is 12.1 Å². The average molecular weight is 255 g/mol. The van der Waals surface area contributed by atoms with Crippen LogP contribution in [0.4, 0.5) is 4.79 Å². The first-order valence-corrected chi connectivity index (χ1v) is 6.34. The van der Waals surface area contributed by atoms with E-state index in [0.717, 1.165) is 6.54 Å². The second-order valence-corrected chi connectivity index (χ2v) is 5.70. The van der Waals surface area contributed by atoms with Crippen molar-refractivity contribution in [2.45, 2.75) is 52.7 Å². The standard InChI is InChI=1S/C13H25N3O2/c1-10(2)9-16-11(8-14)6-7-15-12(17)18-13(3,4)5/h10-11,16H,6-7,9H2,1-5H3,(H,15,17). The lowest BCUT2D eigenvalue weighted by Crippen LogP contribution is -2.37. The van der Waals surface area contributed by atoms with Crippen molar-refractivity contribution in [1.82, 2.24) is 10.6 Å². The number of rotatable bonds is 6. The van der Waals surface area contributed by atoms with Gasteiger partial charge in [0.15, 0.2) is 0 Å². The van der Waals surface area contributed by atoms with Gasteiger partial charge in [-0.05, 0) is 39.7 Å². The molecular formula is C13H25N3O2. The summed E-state index contributed by atoms with van der Waals surface area (Å²) in [4.78, 5) is 11.4. The molecule has 0 radical (unpaired) electrons. The topological polar surface area (TPSA) is 74.2 Å². The van der Waals surface area contributed by atoms with Crippen molar-refractivity contribution in [1.29, 1.82) is 5.26 Å². The van der Waals surface area contributed by atoms with Crippen molar-refractivity contribution in [3.63, 3.8) is 0 Å². The highest BCUT2D eigenvalue weighted by molar-refractivity contribution is 5.67. The smallest absolute Gasteiger partial charge is 0.407 e. The Labute approximate surface area is 110 Å². The maximum absolute atomic E-state index is 11.4. The molecule has 0 saturated carbocycles. The summed E-state index contributed by atoms with van der Waals surface area (Å²) in [5.74, 6) is 0.500. The summed E-state index contributed by atoms with van der Waals surface area (Å²) < 4.78 is 5.10. The number of hydrogen-bond acceptors (Lipinski definition) is 4. The van der Waals surface area contributed by atoms with Crippen LogP contribution in [0.3, 0.4) is 0 Å². The van der Waals surface area contributed by atoms with Crippen molar-refractivity contribution >= 4 is 6.09 Å². The molecule has 0 aromatic heterocycles. The van der Waals surface area contributed by atoms with E-state index >= 15 is 0 Å². The Morgan fingerprint density at radius 2 is 2.00 bits per heavy atom. The van der Waals surface area contributed by atoms with E-state index in [4.69, 9.17) is 10.00 Å². The first kappa shape index (κ1) is 16.7. The van der Waals surface area contributed by atoms with E-state index in [-0.39, 0.29) is 6.04 Å². The Hall–Kier alpha value is -1.28. The van der Waals surface area contributed by atoms with Crippen molar-refractivity contribution in [2.75, 3.05) is 13.1 Å². The number of nitrogens with one attached hydrogen (secondary N) is 2. The molecule has 0 aliphatic rings. The SMILES string of the molecule is CC(C)CNC(C#N)CCNC(=O)OC(C)(C)C. The monoisotopic (exact) mass is 255 g/mol. The van der Waals surface area contributed by atoms with Crippen LogP contribution in [0, 0.1) is 17.2 Å². The highest BCUT2D eigenvalue weighted by Crippen LogP contribution is 2.06. The lowest BCUT2D eigenvalue weighted by Gasteiger charge is -2.20. The van der Waals surface area contributed by atoms with Gasteiger partial charge >= 0.3 is 6.09 Å². The number of amides is 1. The van der Waals surface area contributed by atoms with Crippen LogP contribution in [0.2, 0.25) is 0 Å². The quantitative estimate of drug-likeness (QED) is 0.761. The van der Waals surface area contributed by atoms with E-state index in [2.05, 4.69) is 30.6 Å². The fourth-order valence-electron chi connectivity index (χ4n) is 1.22. The molecule has 2 N–H and O–H groups in total. The first-order valence-electron chi connectivity index (χ1n) is 6.34. The van der Waals surface area contributed by atoms with Crippen LogP contribution in [-0.2, 0) is 4.74 Å². The van der Waals surface area contributed by atoms with Crippen LogP contribution in [0.15, 0.2) is 0 Å². The predicted octanol–water partition coefficient (Wildman–Crippen LogP) is 2.04. The third-order valence-corrected chi connectivity index (χ3v) is 2.03. The summed E-state index contributed by atoms with van der Waals surface area (Å²) in [7, 11) is 0. The van der Waals surface area contributed by atoms with Crippen molar-refractivity contribution in [3.05, 3.63) is 0 Å². The van der Waals surface area contributed by atoms with Crippen LogP contribution in [0.25, 0.3) is 0 Å². The Bertz CT molecular complexity index is 290. The Kier molecular flexibility index (Phi) is 7.37. The van der Waals surface area contributed by atoms with E-state index in [9.17, 15) is 4.79 Å². The molecule has 1 atom stereocenters. The number of carbonyl (C=O) groups is 1. The van der Waals surface area contributed by atoms with Crippen molar-refractivity contribution in [3.8, 4) is 6.07 Å². The molecule has 5 heteroatoms. The summed E-state index contributed by atoms with van der Waals surface area (Å²) in [6.45, 7) is 10.8. The second kappa shape index (κ2) is 7.93. The van der Waals surface area contributed by atoms with Crippen LogP contribution >= 0.6 is 0 Å². The summed E-state index contributed by atoms with van der Waals surface area (Å²) in [6, 6.07) is 1.94. The van der Waals surface area contributed by atoms with Gasteiger partial charge < -0.3 is 15.4 Å². The van der Waals surface area contributed by atoms with Gasteiger partial charge in [0.1, 0.15) is 5.60 Å². The van der Waals surface area contributed by atoms with E-state index < -0.39 is 11.7 Å². The van der Waals surface area contributed by atoms with E-state index in [1.165, 1.54) is 0 Å². The Morgan fingerprint density at radius 3 is 2.44 bits per heavy atom. The van der Waals surface area contributed by atoms with Gasteiger partial charge in [-0.1, -0.05) is 13.8 Å². The van der Waals surface area contributed by atoms with Crippen LogP contribution in [0.1, 0.15) is 41.0 Å². The zero-order valence-electron chi connectivity index (χ0n) is 12.0. The molecule has 5 nitrogen and oxygen atoms in total. The van der Waals surface area contributed by atoms with Crippen LogP contribution in [0.5, 0.6) is 0 Å². The van der Waals surface area contributed by atoms with Gasteiger partial charge in [-0.3, -0.25) is 0 Å². The van der Waals surface area contributed by atoms with Gasteiger partial charge in [0, 0.05) is 6.54 Å². The number of nitriles is 1. The molecule has 0 aliphatic heterocycles. The van der Waals surface area contributed by atoms with Gasteiger partial charge in [0.25, 0.3) is 0 Å². The number of alkyl carbamates (subject to hydrolysis) is 1. The summed E-state index contributed by atoms with van der Waals surface area (Å²) in [6.07, 6.45) is 0.130. The lowest BCUT2D eigenvalue weighted by atomic mass is 10.2. The molecule has 1 unspecified atom stereocenters. The zero-order valence-corrected chi connectivity index (χ0v) is 12.0. The Balaban J connectivity index is 3.81. The minimum absolute atomic E-state index is 0.234. The second-order valence-electron chi connectivity index (χ2n) is 5.70. The maximum Gasteiger partial charge on any atom is 0.407 e. The normalized spacial score (nSPS) is 12.9. The minimum atomic E-state index is -0.491. The summed E-state index contributed by atoms with van der Waals surface area (Å²) in [5, 5.41) is 14.7. The number of ether oxygens (including phenoxy) is 1. The molecule has 18 heavy (non-hydrogen) atoms. The summed E-state index contributed by atoms with van der Waals surface area (Å²) >= 11 is 0. The maximum atomic E-state index is 11.4. The molecule has 0 rings (SSSR count). The van der Waals surface area contributed by atoms with Crippen molar-refractivity contribution < 1.29 is 9.53 Å². The van der Waals surface area contributed by atoms with Gasteiger partial charge in [-0.15, -0.1) is 0 Å².